The lowest BCUT2D eigenvalue weighted by atomic mass is 9.81. The predicted molar refractivity (Wildman–Crippen MR) is 81.2 cm³/mol. The highest BCUT2D eigenvalue weighted by atomic mass is 16.3. The van der Waals surface area contributed by atoms with Gasteiger partial charge in [-0.2, -0.15) is 0 Å². The zero-order valence-electron chi connectivity index (χ0n) is 13.2. The first-order chi connectivity index (χ1) is 9.01. The molecular formula is C16H30N2O. The Hall–Kier alpha value is -0.800. The Kier molecular flexibility index (Phi) is 6.59. The number of nitrogens with one attached hydrogen (secondary N) is 1. The van der Waals surface area contributed by atoms with Crippen molar-refractivity contribution < 1.29 is 4.42 Å². The van der Waals surface area contributed by atoms with E-state index in [0.29, 0.717) is 11.5 Å². The number of hydrogen-bond acceptors (Lipinski definition) is 3. The van der Waals surface area contributed by atoms with Gasteiger partial charge >= 0.3 is 0 Å². The van der Waals surface area contributed by atoms with E-state index in [-0.39, 0.29) is 0 Å². The molecule has 0 saturated carbocycles. The summed E-state index contributed by atoms with van der Waals surface area (Å²) in [6, 6.07) is 2.60. The fourth-order valence-electron chi connectivity index (χ4n) is 2.52. The van der Waals surface area contributed by atoms with Gasteiger partial charge in [-0.25, -0.2) is 0 Å². The average Bonchev–Trinajstić information content (AvgIpc) is 2.87. The van der Waals surface area contributed by atoms with Crippen molar-refractivity contribution >= 4 is 0 Å². The van der Waals surface area contributed by atoms with E-state index in [4.69, 9.17) is 4.42 Å². The maximum Gasteiger partial charge on any atom is 0.0947 e. The van der Waals surface area contributed by atoms with Crippen molar-refractivity contribution in [1.82, 2.24) is 10.2 Å². The van der Waals surface area contributed by atoms with Gasteiger partial charge in [0.25, 0.3) is 0 Å². The summed E-state index contributed by atoms with van der Waals surface area (Å²) in [5.74, 6) is 0. The Morgan fingerprint density at radius 3 is 2.47 bits per heavy atom. The monoisotopic (exact) mass is 266 g/mol. The summed E-state index contributed by atoms with van der Waals surface area (Å²) in [5.41, 5.74) is 1.61. The molecule has 0 unspecified atom stereocenters. The van der Waals surface area contributed by atoms with E-state index < -0.39 is 0 Å². The molecule has 0 saturated heterocycles. The topological polar surface area (TPSA) is 28.4 Å². The van der Waals surface area contributed by atoms with Crippen LogP contribution in [0.1, 0.15) is 46.1 Å². The Morgan fingerprint density at radius 1 is 1.32 bits per heavy atom. The second kappa shape index (κ2) is 7.71. The third-order valence-electron chi connectivity index (χ3n) is 4.02. The van der Waals surface area contributed by atoms with Gasteiger partial charge in [-0.1, -0.05) is 27.7 Å². The van der Waals surface area contributed by atoms with Gasteiger partial charge in [0.2, 0.25) is 0 Å². The van der Waals surface area contributed by atoms with Gasteiger partial charge in [-0.05, 0) is 31.4 Å². The highest BCUT2D eigenvalue weighted by molar-refractivity contribution is 5.04. The standard InChI is InChI=1S/C16H30N2O/c1-6-16(7-2,12-17-14(3)4)13-18(5)10-15-8-9-19-11-15/h8-9,11,14,17H,6-7,10,12-13H2,1-5H3. The summed E-state index contributed by atoms with van der Waals surface area (Å²) in [6.45, 7) is 12.2. The molecule has 1 rings (SSSR count). The fraction of sp³-hybridized carbons (Fsp3) is 0.750. The van der Waals surface area contributed by atoms with Crippen LogP contribution in [0.5, 0.6) is 0 Å². The maximum atomic E-state index is 5.14. The van der Waals surface area contributed by atoms with E-state index in [9.17, 15) is 0 Å². The number of hydrogen-bond donors (Lipinski definition) is 1. The molecule has 19 heavy (non-hydrogen) atoms. The molecule has 3 heteroatoms. The number of rotatable bonds is 9. The lowest BCUT2D eigenvalue weighted by Crippen LogP contribution is -2.44. The minimum absolute atomic E-state index is 0.364. The Balaban J connectivity index is 2.55. The largest absolute Gasteiger partial charge is 0.472 e. The quantitative estimate of drug-likeness (QED) is 0.741. The smallest absolute Gasteiger partial charge is 0.0947 e. The molecule has 0 spiro atoms. The van der Waals surface area contributed by atoms with Gasteiger partial charge in [0, 0.05) is 31.2 Å². The molecular weight excluding hydrogens is 236 g/mol. The van der Waals surface area contributed by atoms with E-state index in [2.05, 4.69) is 45.0 Å². The van der Waals surface area contributed by atoms with Gasteiger partial charge in [0.05, 0.1) is 12.5 Å². The van der Waals surface area contributed by atoms with E-state index >= 15 is 0 Å². The number of furan rings is 1. The minimum Gasteiger partial charge on any atom is -0.472 e. The summed E-state index contributed by atoms with van der Waals surface area (Å²) < 4.78 is 5.14. The molecule has 1 aromatic heterocycles. The zero-order chi connectivity index (χ0) is 14.3. The third-order valence-corrected chi connectivity index (χ3v) is 4.02. The lowest BCUT2D eigenvalue weighted by molar-refractivity contribution is 0.147. The molecule has 3 nitrogen and oxygen atoms in total. The van der Waals surface area contributed by atoms with Crippen LogP contribution in [0.3, 0.4) is 0 Å². The van der Waals surface area contributed by atoms with Crippen LogP contribution in [0.15, 0.2) is 23.0 Å². The SMILES string of the molecule is CCC(CC)(CNC(C)C)CN(C)Cc1ccoc1. The van der Waals surface area contributed by atoms with Crippen LogP contribution in [0.25, 0.3) is 0 Å². The molecule has 0 amide bonds. The summed E-state index contributed by atoms with van der Waals surface area (Å²) in [5, 5.41) is 3.61. The van der Waals surface area contributed by atoms with Crippen molar-refractivity contribution in [2.45, 2.75) is 53.1 Å². The van der Waals surface area contributed by atoms with E-state index in [1.54, 1.807) is 6.26 Å². The van der Waals surface area contributed by atoms with Gasteiger partial charge in [0.1, 0.15) is 0 Å². The van der Waals surface area contributed by atoms with Gasteiger partial charge in [-0.15, -0.1) is 0 Å². The van der Waals surface area contributed by atoms with Crippen LogP contribution < -0.4 is 5.32 Å². The van der Waals surface area contributed by atoms with Crippen LogP contribution in [0.2, 0.25) is 0 Å². The fourth-order valence-corrected chi connectivity index (χ4v) is 2.52. The zero-order valence-corrected chi connectivity index (χ0v) is 13.2. The van der Waals surface area contributed by atoms with Crippen molar-refractivity contribution in [3.8, 4) is 0 Å². The first-order valence-corrected chi connectivity index (χ1v) is 7.44. The summed E-state index contributed by atoms with van der Waals surface area (Å²) in [6.07, 6.45) is 6.00. The maximum absolute atomic E-state index is 5.14. The molecule has 0 atom stereocenters. The molecule has 1 heterocycles. The van der Waals surface area contributed by atoms with Crippen LogP contribution in [-0.4, -0.2) is 31.1 Å². The van der Waals surface area contributed by atoms with Crippen molar-refractivity contribution in [2.24, 2.45) is 5.41 Å². The molecule has 0 aliphatic rings. The average molecular weight is 266 g/mol. The summed E-state index contributed by atoms with van der Waals surface area (Å²) in [7, 11) is 2.20. The first kappa shape index (κ1) is 16.3. The van der Waals surface area contributed by atoms with Gasteiger partial charge < -0.3 is 14.6 Å². The van der Waals surface area contributed by atoms with Gasteiger partial charge in [-0.3, -0.25) is 0 Å². The molecule has 0 aliphatic heterocycles. The molecule has 0 radical (unpaired) electrons. The van der Waals surface area contributed by atoms with Crippen LogP contribution in [0.4, 0.5) is 0 Å². The number of nitrogens with zero attached hydrogens (tertiary/aromatic N) is 1. The predicted octanol–water partition coefficient (Wildman–Crippen LogP) is 3.52. The summed E-state index contributed by atoms with van der Waals surface area (Å²) in [4.78, 5) is 2.40. The van der Waals surface area contributed by atoms with E-state index in [1.807, 2.05) is 12.3 Å². The van der Waals surface area contributed by atoms with E-state index in [1.165, 1.54) is 18.4 Å². The Labute approximate surface area is 118 Å². The van der Waals surface area contributed by atoms with Crippen molar-refractivity contribution in [1.29, 1.82) is 0 Å². The second-order valence-electron chi connectivity index (χ2n) is 6.05. The Morgan fingerprint density at radius 2 is 2.00 bits per heavy atom. The Bertz CT molecular complexity index is 329. The third kappa shape index (κ3) is 5.37. The minimum atomic E-state index is 0.364. The normalized spacial score (nSPS) is 12.6. The molecule has 0 fully saturated rings. The lowest BCUT2D eigenvalue weighted by Gasteiger charge is -2.36. The van der Waals surface area contributed by atoms with Crippen LogP contribution in [-0.2, 0) is 6.54 Å². The van der Waals surface area contributed by atoms with Crippen LogP contribution >= 0.6 is 0 Å². The molecule has 0 bridgehead atoms. The summed E-state index contributed by atoms with van der Waals surface area (Å²) >= 11 is 0. The highest BCUT2D eigenvalue weighted by Gasteiger charge is 2.27. The van der Waals surface area contributed by atoms with Crippen molar-refractivity contribution in [3.05, 3.63) is 24.2 Å². The first-order valence-electron chi connectivity index (χ1n) is 7.44. The molecule has 1 aromatic rings. The van der Waals surface area contributed by atoms with Crippen LogP contribution in [0, 0.1) is 5.41 Å². The van der Waals surface area contributed by atoms with E-state index in [0.717, 1.165) is 19.6 Å². The van der Waals surface area contributed by atoms with Crippen molar-refractivity contribution in [3.63, 3.8) is 0 Å². The van der Waals surface area contributed by atoms with Gasteiger partial charge in [0.15, 0.2) is 0 Å². The molecule has 0 aromatic carbocycles. The molecule has 1 N–H and O–H groups in total. The molecule has 110 valence electrons. The molecule has 0 aliphatic carbocycles. The van der Waals surface area contributed by atoms with Crippen molar-refractivity contribution in [2.75, 3.05) is 20.1 Å². The highest BCUT2D eigenvalue weighted by Crippen LogP contribution is 2.27. The second-order valence-corrected chi connectivity index (χ2v) is 6.05.